The third-order valence-electron chi connectivity index (χ3n) is 9.87. The van der Waals surface area contributed by atoms with Crippen molar-refractivity contribution in [3.63, 3.8) is 0 Å². The van der Waals surface area contributed by atoms with E-state index in [9.17, 15) is 4.79 Å². The van der Waals surface area contributed by atoms with Gasteiger partial charge < -0.3 is 4.43 Å². The molecule has 250 valence electrons. The maximum atomic E-state index is 12.6. The van der Waals surface area contributed by atoms with Crippen LogP contribution in [-0.2, 0) is 14.8 Å². The Hall–Kier alpha value is -4.00. The molecule has 5 heteroatoms. The monoisotopic (exact) mass is 681 g/mol. The van der Waals surface area contributed by atoms with Crippen LogP contribution in [0.15, 0.2) is 163 Å². The van der Waals surface area contributed by atoms with Gasteiger partial charge in [-0.2, -0.15) is 0 Å². The summed E-state index contributed by atoms with van der Waals surface area (Å²) in [6.07, 6.45) is 3.17. The zero-order valence-electron chi connectivity index (χ0n) is 29.1. The lowest BCUT2D eigenvalue weighted by Crippen LogP contribution is -2.66. The van der Waals surface area contributed by atoms with Gasteiger partial charge in [-0.3, -0.25) is 9.69 Å². The van der Waals surface area contributed by atoms with Gasteiger partial charge in [0, 0.05) is 25.3 Å². The highest BCUT2D eigenvalue weighted by Gasteiger charge is 2.50. The second kappa shape index (κ2) is 15.3. The molecule has 1 aliphatic heterocycles. The van der Waals surface area contributed by atoms with E-state index in [-0.39, 0.29) is 15.4 Å². The molecule has 0 saturated carbocycles. The highest BCUT2D eigenvalue weighted by molar-refractivity contribution is 8.14. The molecule has 0 amide bonds. The summed E-state index contributed by atoms with van der Waals surface area (Å²) in [6, 6.07) is 54.3. The molecular weight excluding hydrogens is 635 g/mol. The summed E-state index contributed by atoms with van der Waals surface area (Å²) in [5, 5.41) is 2.66. The third kappa shape index (κ3) is 7.04. The normalized spacial score (nSPS) is 16.8. The van der Waals surface area contributed by atoms with Gasteiger partial charge in [-0.25, -0.2) is 0 Å². The number of hydrogen-bond acceptors (Lipinski definition) is 4. The molecule has 1 atom stereocenters. The Morgan fingerprint density at radius 1 is 0.714 bits per heavy atom. The van der Waals surface area contributed by atoms with Gasteiger partial charge in [0.2, 0.25) is 0 Å². The SMILES string of the molecule is CC(=O)SC1CCN(C(c2ccccc2)(c2ccccc2)c2ccccc2)C/C1=C\CO[Si](c1ccccc1)(c1ccccc1)C(C)(C)C. The fourth-order valence-electron chi connectivity index (χ4n) is 7.80. The fourth-order valence-corrected chi connectivity index (χ4v) is 13.2. The first-order chi connectivity index (χ1) is 23.8. The fraction of sp³-hybridized carbons (Fsp3) is 0.250. The van der Waals surface area contributed by atoms with Crippen molar-refractivity contribution in [1.29, 1.82) is 0 Å². The molecule has 49 heavy (non-hydrogen) atoms. The number of carbonyl (C=O) groups is 1. The number of hydrogen-bond donors (Lipinski definition) is 0. The van der Waals surface area contributed by atoms with Crippen LogP contribution in [0.3, 0.4) is 0 Å². The highest BCUT2D eigenvalue weighted by atomic mass is 32.2. The quantitative estimate of drug-likeness (QED) is 0.0837. The van der Waals surface area contributed by atoms with Crippen LogP contribution in [0.5, 0.6) is 0 Å². The first-order valence-electron chi connectivity index (χ1n) is 17.3. The summed E-state index contributed by atoms with van der Waals surface area (Å²) in [5.41, 5.74) is 4.42. The minimum absolute atomic E-state index is 0.0940. The summed E-state index contributed by atoms with van der Waals surface area (Å²) in [4.78, 5) is 15.3. The molecule has 1 fully saturated rings. The van der Waals surface area contributed by atoms with Crippen LogP contribution >= 0.6 is 11.8 Å². The largest absolute Gasteiger partial charge is 0.404 e. The van der Waals surface area contributed by atoms with Gasteiger partial charge in [-0.1, -0.05) is 190 Å². The van der Waals surface area contributed by atoms with Crippen LogP contribution in [0.2, 0.25) is 5.04 Å². The molecular formula is C44H47NO2SSi. The van der Waals surface area contributed by atoms with E-state index in [1.54, 1.807) is 6.92 Å². The average Bonchev–Trinajstić information content (AvgIpc) is 3.13. The van der Waals surface area contributed by atoms with Crippen LogP contribution in [0.25, 0.3) is 0 Å². The number of benzene rings is 5. The lowest BCUT2D eigenvalue weighted by atomic mass is 9.74. The summed E-state index contributed by atoms with van der Waals surface area (Å²) in [5.74, 6) is 0. The maximum Gasteiger partial charge on any atom is 0.261 e. The maximum absolute atomic E-state index is 12.6. The van der Waals surface area contributed by atoms with E-state index in [4.69, 9.17) is 4.43 Å². The van der Waals surface area contributed by atoms with Gasteiger partial charge in [0.15, 0.2) is 5.12 Å². The molecule has 0 aliphatic carbocycles. The molecule has 1 aliphatic rings. The topological polar surface area (TPSA) is 29.5 Å². The number of rotatable bonds is 10. The molecule has 0 spiro atoms. The van der Waals surface area contributed by atoms with E-state index in [1.807, 2.05) is 0 Å². The molecule has 0 N–H and O–H groups in total. The Morgan fingerprint density at radius 2 is 1.12 bits per heavy atom. The van der Waals surface area contributed by atoms with Crippen molar-refractivity contribution < 1.29 is 9.22 Å². The van der Waals surface area contributed by atoms with Crippen LogP contribution in [0.1, 0.15) is 50.8 Å². The summed E-state index contributed by atoms with van der Waals surface area (Å²) >= 11 is 1.46. The molecule has 5 aromatic carbocycles. The van der Waals surface area contributed by atoms with Crippen molar-refractivity contribution in [2.75, 3.05) is 19.7 Å². The summed E-state index contributed by atoms with van der Waals surface area (Å²) in [7, 11) is -2.73. The number of nitrogens with zero attached hydrogens (tertiary/aromatic N) is 1. The van der Waals surface area contributed by atoms with E-state index < -0.39 is 13.9 Å². The number of piperidine rings is 1. The van der Waals surface area contributed by atoms with Crippen LogP contribution in [0.4, 0.5) is 0 Å². The molecule has 1 unspecified atom stereocenters. The van der Waals surface area contributed by atoms with E-state index in [0.29, 0.717) is 13.2 Å². The smallest absolute Gasteiger partial charge is 0.261 e. The molecule has 0 radical (unpaired) electrons. The van der Waals surface area contributed by atoms with Gasteiger partial charge in [0.1, 0.15) is 0 Å². The van der Waals surface area contributed by atoms with Gasteiger partial charge >= 0.3 is 0 Å². The number of carbonyl (C=O) groups excluding carboxylic acids is 1. The van der Waals surface area contributed by atoms with Crippen LogP contribution in [-0.4, -0.2) is 43.3 Å². The van der Waals surface area contributed by atoms with Gasteiger partial charge in [0.25, 0.3) is 8.32 Å². The van der Waals surface area contributed by atoms with Crippen molar-refractivity contribution in [2.45, 2.75) is 49.9 Å². The number of likely N-dealkylation sites (tertiary alicyclic amines) is 1. The molecule has 6 rings (SSSR count). The molecule has 5 aromatic rings. The standard InChI is InChI=1S/C44H47NO2SSi/c1-35(46)48-42-30-32-45(44(37-20-10-5-11-21-37,38-22-12-6-13-23-38)39-24-14-7-15-25-39)34-36(42)31-33-47-49(43(2,3)4,40-26-16-8-17-27-40)41-28-18-9-19-29-41/h5-29,31,42H,30,32-34H2,1-4H3/b36-31+. The van der Waals surface area contributed by atoms with Crippen LogP contribution < -0.4 is 10.4 Å². The van der Waals surface area contributed by atoms with Gasteiger partial charge in [-0.15, -0.1) is 0 Å². The molecule has 3 nitrogen and oxygen atoms in total. The molecule has 0 bridgehead atoms. The van der Waals surface area contributed by atoms with Crippen molar-refractivity contribution in [1.82, 2.24) is 4.90 Å². The predicted molar refractivity (Wildman–Crippen MR) is 209 cm³/mol. The minimum Gasteiger partial charge on any atom is -0.404 e. The Morgan fingerprint density at radius 3 is 1.51 bits per heavy atom. The zero-order chi connectivity index (χ0) is 34.3. The van der Waals surface area contributed by atoms with E-state index in [0.717, 1.165) is 13.0 Å². The van der Waals surface area contributed by atoms with Crippen molar-refractivity contribution in [3.05, 3.63) is 180 Å². The van der Waals surface area contributed by atoms with Crippen molar-refractivity contribution in [2.24, 2.45) is 0 Å². The summed E-state index contributed by atoms with van der Waals surface area (Å²) in [6.45, 7) is 10.7. The average molecular weight is 682 g/mol. The lowest BCUT2D eigenvalue weighted by molar-refractivity contribution is -0.109. The Balaban J connectivity index is 1.45. The predicted octanol–water partition coefficient (Wildman–Crippen LogP) is 8.84. The van der Waals surface area contributed by atoms with E-state index in [1.165, 1.54) is 44.4 Å². The Kier molecular flexibility index (Phi) is 10.9. The molecule has 1 saturated heterocycles. The first kappa shape index (κ1) is 34.8. The Bertz CT molecular complexity index is 1690. The lowest BCUT2D eigenvalue weighted by Gasteiger charge is -2.49. The van der Waals surface area contributed by atoms with Crippen LogP contribution in [0, 0.1) is 0 Å². The van der Waals surface area contributed by atoms with E-state index in [2.05, 4.69) is 183 Å². The zero-order valence-corrected chi connectivity index (χ0v) is 30.9. The second-order valence-electron chi connectivity index (χ2n) is 13.9. The minimum atomic E-state index is -2.73. The number of thioether (sulfide) groups is 1. The van der Waals surface area contributed by atoms with Crippen molar-refractivity contribution >= 4 is 35.6 Å². The van der Waals surface area contributed by atoms with Crippen molar-refractivity contribution in [3.8, 4) is 0 Å². The third-order valence-corrected chi connectivity index (χ3v) is 16.0. The van der Waals surface area contributed by atoms with Gasteiger partial charge in [-0.05, 0) is 44.1 Å². The van der Waals surface area contributed by atoms with E-state index >= 15 is 0 Å². The molecule has 0 aromatic heterocycles. The molecule has 1 heterocycles. The van der Waals surface area contributed by atoms with Gasteiger partial charge in [0.05, 0.1) is 12.1 Å². The highest BCUT2D eigenvalue weighted by Crippen LogP contribution is 2.45. The second-order valence-corrected chi connectivity index (χ2v) is 19.6. The Labute approximate surface area is 298 Å². The summed E-state index contributed by atoms with van der Waals surface area (Å²) < 4.78 is 7.35. The first-order valence-corrected chi connectivity index (χ1v) is 20.1.